The maximum Gasteiger partial charge on any atom is 0.231 e. The first kappa shape index (κ1) is 8.81. The summed E-state index contributed by atoms with van der Waals surface area (Å²) in [5, 5.41) is 0. The maximum absolute atomic E-state index is 5.24. The van der Waals surface area contributed by atoms with Crippen LogP contribution in [0.1, 0.15) is 5.56 Å². The fourth-order valence-corrected chi connectivity index (χ4v) is 1.23. The van der Waals surface area contributed by atoms with Crippen molar-refractivity contribution in [3.63, 3.8) is 0 Å². The summed E-state index contributed by atoms with van der Waals surface area (Å²) in [5.74, 6) is 1.58. The standard InChI is InChI=1S/C11H11NO2/c1-2-5-12-7-9-3-4-10-11(6-9)14-8-13-10/h2-4,6-7H,1,5,8H2. The Hall–Kier alpha value is -1.77. The Morgan fingerprint density at radius 1 is 1.36 bits per heavy atom. The molecule has 0 radical (unpaired) electrons. The van der Waals surface area contributed by atoms with Crippen LogP contribution in [-0.4, -0.2) is 19.6 Å². The fourth-order valence-electron chi connectivity index (χ4n) is 1.23. The zero-order valence-electron chi connectivity index (χ0n) is 7.77. The molecule has 0 aromatic heterocycles. The molecule has 0 bridgehead atoms. The third-order valence-electron chi connectivity index (χ3n) is 1.87. The van der Waals surface area contributed by atoms with Gasteiger partial charge >= 0.3 is 0 Å². The highest BCUT2D eigenvalue weighted by Gasteiger charge is 2.12. The van der Waals surface area contributed by atoms with E-state index in [2.05, 4.69) is 11.6 Å². The highest BCUT2D eigenvalue weighted by atomic mass is 16.7. The van der Waals surface area contributed by atoms with Gasteiger partial charge in [-0.1, -0.05) is 6.08 Å². The van der Waals surface area contributed by atoms with E-state index < -0.39 is 0 Å². The van der Waals surface area contributed by atoms with Gasteiger partial charge in [-0.05, 0) is 23.8 Å². The van der Waals surface area contributed by atoms with E-state index in [0.717, 1.165) is 17.1 Å². The predicted octanol–water partition coefficient (Wildman–Crippen LogP) is 2.02. The molecule has 0 saturated heterocycles. The van der Waals surface area contributed by atoms with Gasteiger partial charge in [-0.25, -0.2) is 0 Å². The molecule has 3 nitrogen and oxygen atoms in total. The van der Waals surface area contributed by atoms with Crippen molar-refractivity contribution in [1.82, 2.24) is 0 Å². The lowest BCUT2D eigenvalue weighted by atomic mass is 10.2. The molecule has 72 valence electrons. The molecule has 1 aliphatic heterocycles. The minimum Gasteiger partial charge on any atom is -0.454 e. The summed E-state index contributed by atoms with van der Waals surface area (Å²) in [6, 6.07) is 5.74. The van der Waals surface area contributed by atoms with Gasteiger partial charge in [-0.2, -0.15) is 0 Å². The van der Waals surface area contributed by atoms with E-state index >= 15 is 0 Å². The Morgan fingerprint density at radius 3 is 3.07 bits per heavy atom. The molecule has 1 aromatic rings. The molecule has 0 saturated carbocycles. The first-order valence-electron chi connectivity index (χ1n) is 4.40. The number of fused-ring (bicyclic) bond motifs is 1. The van der Waals surface area contributed by atoms with Gasteiger partial charge in [0.25, 0.3) is 0 Å². The normalized spacial score (nSPS) is 13.4. The summed E-state index contributed by atoms with van der Waals surface area (Å²) < 4.78 is 10.4. The zero-order chi connectivity index (χ0) is 9.80. The number of nitrogens with zero attached hydrogens (tertiary/aromatic N) is 1. The molecule has 0 amide bonds. The third-order valence-corrected chi connectivity index (χ3v) is 1.87. The van der Waals surface area contributed by atoms with Gasteiger partial charge in [0, 0.05) is 6.21 Å². The van der Waals surface area contributed by atoms with Crippen LogP contribution in [0.3, 0.4) is 0 Å². The van der Waals surface area contributed by atoms with E-state index in [9.17, 15) is 0 Å². The molecule has 0 atom stereocenters. The number of benzene rings is 1. The lowest BCUT2D eigenvalue weighted by Gasteiger charge is -1.96. The Labute approximate surface area is 82.7 Å². The summed E-state index contributed by atoms with van der Waals surface area (Å²) in [6.07, 6.45) is 3.55. The summed E-state index contributed by atoms with van der Waals surface area (Å²) in [7, 11) is 0. The topological polar surface area (TPSA) is 30.8 Å². The smallest absolute Gasteiger partial charge is 0.231 e. The Kier molecular flexibility index (Phi) is 2.49. The largest absolute Gasteiger partial charge is 0.454 e. The first-order chi connectivity index (χ1) is 6.90. The lowest BCUT2D eigenvalue weighted by Crippen LogP contribution is -1.92. The quantitative estimate of drug-likeness (QED) is 0.538. The molecule has 1 aromatic carbocycles. The minimum absolute atomic E-state index is 0.308. The number of rotatable bonds is 3. The molecule has 3 heteroatoms. The van der Waals surface area contributed by atoms with Crippen LogP contribution in [0.5, 0.6) is 11.5 Å². The van der Waals surface area contributed by atoms with Crippen LogP contribution < -0.4 is 9.47 Å². The number of hydrogen-bond donors (Lipinski definition) is 0. The monoisotopic (exact) mass is 189 g/mol. The first-order valence-corrected chi connectivity index (χ1v) is 4.40. The van der Waals surface area contributed by atoms with Gasteiger partial charge in [0.05, 0.1) is 6.54 Å². The van der Waals surface area contributed by atoms with Crippen LogP contribution in [0.15, 0.2) is 35.8 Å². The molecule has 2 rings (SSSR count). The maximum atomic E-state index is 5.24. The average Bonchev–Trinajstić information content (AvgIpc) is 2.65. The molecular weight excluding hydrogens is 178 g/mol. The van der Waals surface area contributed by atoms with E-state index in [1.165, 1.54) is 0 Å². The molecule has 1 aliphatic rings. The molecule has 14 heavy (non-hydrogen) atoms. The van der Waals surface area contributed by atoms with E-state index in [4.69, 9.17) is 9.47 Å². The Bertz CT molecular complexity index is 372. The van der Waals surface area contributed by atoms with E-state index in [1.54, 1.807) is 12.3 Å². The van der Waals surface area contributed by atoms with Gasteiger partial charge < -0.3 is 9.47 Å². The van der Waals surface area contributed by atoms with Crippen molar-refractivity contribution in [3.05, 3.63) is 36.4 Å². The molecular formula is C11H11NO2. The van der Waals surface area contributed by atoms with Gasteiger partial charge in [0.2, 0.25) is 6.79 Å². The predicted molar refractivity (Wildman–Crippen MR) is 55.2 cm³/mol. The van der Waals surface area contributed by atoms with Crippen LogP contribution in [0.4, 0.5) is 0 Å². The molecule has 0 fully saturated rings. The van der Waals surface area contributed by atoms with Crippen molar-refractivity contribution in [1.29, 1.82) is 0 Å². The van der Waals surface area contributed by atoms with Crippen LogP contribution in [0.25, 0.3) is 0 Å². The number of ether oxygens (including phenoxy) is 2. The summed E-state index contributed by atoms with van der Waals surface area (Å²) >= 11 is 0. The molecule has 0 aliphatic carbocycles. The SMILES string of the molecule is C=CCN=Cc1ccc2c(c1)OCO2. The van der Waals surface area contributed by atoms with Crippen molar-refractivity contribution in [2.45, 2.75) is 0 Å². The van der Waals surface area contributed by atoms with Crippen LogP contribution in [0.2, 0.25) is 0 Å². The highest BCUT2D eigenvalue weighted by Crippen LogP contribution is 2.31. The van der Waals surface area contributed by atoms with Crippen LogP contribution in [-0.2, 0) is 0 Å². The van der Waals surface area contributed by atoms with Crippen LogP contribution in [0, 0.1) is 0 Å². The Morgan fingerprint density at radius 2 is 2.21 bits per heavy atom. The van der Waals surface area contributed by atoms with E-state index in [-0.39, 0.29) is 0 Å². The van der Waals surface area contributed by atoms with Crippen molar-refractivity contribution < 1.29 is 9.47 Å². The second kappa shape index (κ2) is 3.96. The van der Waals surface area contributed by atoms with E-state index in [1.807, 2.05) is 18.2 Å². The molecule has 0 spiro atoms. The molecule has 0 N–H and O–H groups in total. The number of aliphatic imine (C=N–C) groups is 1. The van der Waals surface area contributed by atoms with Crippen molar-refractivity contribution in [3.8, 4) is 11.5 Å². The van der Waals surface area contributed by atoms with E-state index in [0.29, 0.717) is 13.3 Å². The molecule has 0 unspecified atom stereocenters. The average molecular weight is 189 g/mol. The van der Waals surface area contributed by atoms with Gasteiger partial charge in [-0.3, -0.25) is 4.99 Å². The Balaban J connectivity index is 2.16. The number of hydrogen-bond acceptors (Lipinski definition) is 3. The minimum atomic E-state index is 0.308. The van der Waals surface area contributed by atoms with Crippen molar-refractivity contribution in [2.75, 3.05) is 13.3 Å². The molecule has 1 heterocycles. The third kappa shape index (κ3) is 1.76. The second-order valence-corrected chi connectivity index (χ2v) is 2.90. The van der Waals surface area contributed by atoms with Gasteiger partial charge in [0.15, 0.2) is 11.5 Å². The van der Waals surface area contributed by atoms with Gasteiger partial charge in [-0.15, -0.1) is 6.58 Å². The lowest BCUT2D eigenvalue weighted by molar-refractivity contribution is 0.174. The van der Waals surface area contributed by atoms with Gasteiger partial charge in [0.1, 0.15) is 0 Å². The summed E-state index contributed by atoms with van der Waals surface area (Å²) in [5.41, 5.74) is 1.01. The summed E-state index contributed by atoms with van der Waals surface area (Å²) in [4.78, 5) is 4.15. The zero-order valence-corrected chi connectivity index (χ0v) is 7.77. The van der Waals surface area contributed by atoms with Crippen molar-refractivity contribution >= 4 is 6.21 Å². The van der Waals surface area contributed by atoms with Crippen LogP contribution >= 0.6 is 0 Å². The fraction of sp³-hybridized carbons (Fsp3) is 0.182. The summed E-state index contributed by atoms with van der Waals surface area (Å²) in [6.45, 7) is 4.53. The van der Waals surface area contributed by atoms with Crippen molar-refractivity contribution in [2.24, 2.45) is 4.99 Å². The second-order valence-electron chi connectivity index (χ2n) is 2.90. The highest BCUT2D eigenvalue weighted by molar-refractivity contribution is 5.81.